The Labute approximate surface area is 193 Å². The van der Waals surface area contributed by atoms with Gasteiger partial charge in [-0.25, -0.2) is 4.98 Å². The number of nitrogens with zero attached hydrogens (tertiary/aromatic N) is 1. The summed E-state index contributed by atoms with van der Waals surface area (Å²) in [5, 5.41) is 28.3. The van der Waals surface area contributed by atoms with Gasteiger partial charge in [-0.3, -0.25) is 4.79 Å². The summed E-state index contributed by atoms with van der Waals surface area (Å²) in [4.78, 5) is 19.2. The molecule has 0 radical (unpaired) electrons. The Kier molecular flexibility index (Phi) is 6.43. The average Bonchev–Trinajstić information content (AvgIpc) is 3.20. The first kappa shape index (κ1) is 23.0. The number of benzene rings is 1. The van der Waals surface area contributed by atoms with Crippen LogP contribution in [0.25, 0.3) is 0 Å². The van der Waals surface area contributed by atoms with Gasteiger partial charge in [0.05, 0.1) is 18.4 Å². The van der Waals surface area contributed by atoms with Crippen LogP contribution < -0.4 is 10.6 Å². The largest absolute Gasteiger partial charge is 0.396 e. The number of rotatable bonds is 7. The molecule has 0 unspecified atom stereocenters. The monoisotopic (exact) mass is 455 g/mol. The van der Waals surface area contributed by atoms with E-state index in [1.165, 1.54) is 0 Å². The number of nitrogens with one attached hydrogen (secondary N) is 2. The van der Waals surface area contributed by atoms with Crippen LogP contribution in [0.1, 0.15) is 49.6 Å². The molecule has 1 amide bonds. The number of amides is 1. The summed E-state index contributed by atoms with van der Waals surface area (Å²) in [5.41, 5.74) is 0.903. The molecule has 2 aromatic rings. The second-order valence-electron chi connectivity index (χ2n) is 9.65. The van der Waals surface area contributed by atoms with Crippen molar-refractivity contribution in [1.29, 1.82) is 0 Å². The van der Waals surface area contributed by atoms with E-state index in [1.54, 1.807) is 17.4 Å². The molecule has 2 aliphatic carbocycles. The third-order valence-electron chi connectivity index (χ3n) is 7.74. The summed E-state index contributed by atoms with van der Waals surface area (Å²) in [6.07, 6.45) is 3.72. The van der Waals surface area contributed by atoms with Gasteiger partial charge in [0.15, 0.2) is 5.13 Å². The molecule has 32 heavy (non-hydrogen) atoms. The molecule has 7 heteroatoms. The lowest BCUT2D eigenvalue weighted by atomic mass is 9.47. The lowest BCUT2D eigenvalue weighted by molar-refractivity contribution is -0.143. The molecule has 5 atom stereocenters. The summed E-state index contributed by atoms with van der Waals surface area (Å²) >= 11 is 1.61. The fourth-order valence-corrected chi connectivity index (χ4v) is 6.88. The Bertz CT molecular complexity index is 978. The second kappa shape index (κ2) is 8.96. The molecule has 1 heterocycles. The molecule has 0 bridgehead atoms. The molecule has 2 aliphatic rings. The highest BCUT2D eigenvalue weighted by Crippen LogP contribution is 2.62. The molecule has 0 spiro atoms. The Balaban J connectivity index is 1.70. The zero-order valence-electron chi connectivity index (χ0n) is 18.8. The van der Waals surface area contributed by atoms with Crippen LogP contribution in [0.3, 0.4) is 0 Å². The molecule has 4 N–H and O–H groups in total. The lowest BCUT2D eigenvalue weighted by Crippen LogP contribution is -2.57. The average molecular weight is 456 g/mol. The third kappa shape index (κ3) is 3.98. The highest BCUT2D eigenvalue weighted by Gasteiger charge is 2.59. The van der Waals surface area contributed by atoms with Crippen LogP contribution in [-0.4, -0.2) is 40.4 Å². The third-order valence-corrected chi connectivity index (χ3v) is 8.79. The zero-order chi connectivity index (χ0) is 22.9. The normalized spacial score (nSPS) is 31.3. The van der Waals surface area contributed by atoms with Crippen molar-refractivity contribution in [1.82, 2.24) is 4.98 Å². The van der Waals surface area contributed by atoms with Crippen molar-refractivity contribution in [3.8, 4) is 0 Å². The van der Waals surface area contributed by atoms with Crippen LogP contribution in [0.4, 0.5) is 10.8 Å². The number of aliphatic hydroxyl groups excluding tert-OH is 2. The van der Waals surface area contributed by atoms with E-state index in [2.05, 4.69) is 24.1 Å². The molecule has 0 saturated heterocycles. The van der Waals surface area contributed by atoms with E-state index >= 15 is 0 Å². The summed E-state index contributed by atoms with van der Waals surface area (Å²) < 4.78 is 0. The highest BCUT2D eigenvalue weighted by atomic mass is 32.1. The van der Waals surface area contributed by atoms with Crippen molar-refractivity contribution in [2.24, 2.45) is 16.7 Å². The van der Waals surface area contributed by atoms with Gasteiger partial charge in [-0.15, -0.1) is 17.9 Å². The van der Waals surface area contributed by atoms with Crippen LogP contribution >= 0.6 is 11.3 Å². The number of carbonyl (C=O) groups is 1. The number of anilines is 2. The number of aromatic nitrogens is 1. The van der Waals surface area contributed by atoms with E-state index in [1.807, 2.05) is 37.3 Å². The smallest absolute Gasteiger partial charge is 0.225 e. The molecule has 1 aromatic heterocycles. The first-order valence-corrected chi connectivity index (χ1v) is 12.1. The molecular weight excluding hydrogens is 422 g/mol. The Morgan fingerprint density at radius 2 is 2.09 bits per heavy atom. The van der Waals surface area contributed by atoms with E-state index in [4.69, 9.17) is 4.98 Å². The van der Waals surface area contributed by atoms with Gasteiger partial charge in [-0.05, 0) is 42.7 Å². The van der Waals surface area contributed by atoms with Crippen molar-refractivity contribution >= 4 is 28.1 Å². The number of fused-ring (bicyclic) bond motifs is 2. The number of para-hydroxylation sites is 1. The van der Waals surface area contributed by atoms with Crippen LogP contribution in [0.2, 0.25) is 0 Å². The first-order chi connectivity index (χ1) is 15.3. The molecule has 1 fully saturated rings. The zero-order valence-corrected chi connectivity index (χ0v) is 19.6. The van der Waals surface area contributed by atoms with Gasteiger partial charge in [0.2, 0.25) is 5.91 Å². The van der Waals surface area contributed by atoms with Crippen molar-refractivity contribution in [3.05, 3.63) is 53.6 Å². The van der Waals surface area contributed by atoms with Crippen molar-refractivity contribution in [2.45, 2.75) is 51.6 Å². The van der Waals surface area contributed by atoms with Gasteiger partial charge in [0, 0.05) is 34.9 Å². The SMILES string of the molecule is C=CCNc1nc2c(s1)C[C@@H]1[C@](C)(CO)[C@H](O)CC[C@@]1(C)[C@@H]2CC(=O)Nc1ccccc1. The van der Waals surface area contributed by atoms with E-state index in [0.717, 1.165) is 34.2 Å². The Hall–Kier alpha value is -2.22. The minimum Gasteiger partial charge on any atom is -0.396 e. The molecule has 4 rings (SSSR count). The molecule has 1 saturated carbocycles. The van der Waals surface area contributed by atoms with E-state index < -0.39 is 11.5 Å². The maximum atomic E-state index is 13.1. The van der Waals surface area contributed by atoms with Crippen molar-refractivity contribution in [2.75, 3.05) is 23.8 Å². The van der Waals surface area contributed by atoms with Crippen molar-refractivity contribution in [3.63, 3.8) is 0 Å². The predicted octanol–water partition coefficient (Wildman–Crippen LogP) is 4.19. The number of hydrogen-bond donors (Lipinski definition) is 4. The highest BCUT2D eigenvalue weighted by molar-refractivity contribution is 7.15. The van der Waals surface area contributed by atoms with Gasteiger partial charge in [0.1, 0.15) is 0 Å². The number of aliphatic hydroxyl groups is 2. The standard InChI is InChI=1S/C25H33N3O3S/c1-4-12-26-23-28-22-17(13-21(31)27-16-8-6-5-7-9-16)24(2)11-10-20(30)25(3,15-29)19(24)14-18(22)32-23/h4-9,17,19-20,29-30H,1,10-15H2,2-3H3,(H,26,28)(H,27,31)/t17-,19+,20-,24+,25+/m1/s1. The summed E-state index contributed by atoms with van der Waals surface area (Å²) in [6, 6.07) is 9.49. The summed E-state index contributed by atoms with van der Waals surface area (Å²) in [6.45, 7) is 8.52. The van der Waals surface area contributed by atoms with Gasteiger partial charge < -0.3 is 20.8 Å². The van der Waals surface area contributed by atoms with Gasteiger partial charge >= 0.3 is 0 Å². The fraction of sp³-hybridized carbons (Fsp3) is 0.520. The van der Waals surface area contributed by atoms with Gasteiger partial charge in [-0.1, -0.05) is 38.1 Å². The number of thiazole rings is 1. The maximum Gasteiger partial charge on any atom is 0.225 e. The topological polar surface area (TPSA) is 94.5 Å². The minimum absolute atomic E-state index is 0.0422. The number of carbonyl (C=O) groups excluding carboxylic acids is 1. The van der Waals surface area contributed by atoms with Gasteiger partial charge in [-0.2, -0.15) is 0 Å². The van der Waals surface area contributed by atoms with E-state index in [9.17, 15) is 15.0 Å². The first-order valence-electron chi connectivity index (χ1n) is 11.3. The maximum absolute atomic E-state index is 13.1. The lowest BCUT2D eigenvalue weighted by Gasteiger charge is -2.58. The summed E-state index contributed by atoms with van der Waals surface area (Å²) in [7, 11) is 0. The predicted molar refractivity (Wildman–Crippen MR) is 129 cm³/mol. The molecule has 1 aromatic carbocycles. The number of hydrogen-bond acceptors (Lipinski definition) is 6. The summed E-state index contributed by atoms with van der Waals surface area (Å²) in [5.74, 6) is -0.0770. The van der Waals surface area contributed by atoms with Crippen LogP contribution in [-0.2, 0) is 11.2 Å². The van der Waals surface area contributed by atoms with Crippen LogP contribution in [0.15, 0.2) is 43.0 Å². The quantitative estimate of drug-likeness (QED) is 0.470. The van der Waals surface area contributed by atoms with Crippen molar-refractivity contribution < 1.29 is 15.0 Å². The van der Waals surface area contributed by atoms with E-state index in [-0.39, 0.29) is 29.8 Å². The fourth-order valence-electron chi connectivity index (χ4n) is 5.80. The van der Waals surface area contributed by atoms with E-state index in [0.29, 0.717) is 19.4 Å². The molecular formula is C25H33N3O3S. The minimum atomic E-state index is -0.614. The van der Waals surface area contributed by atoms with Gasteiger partial charge in [0.25, 0.3) is 0 Å². The molecule has 6 nitrogen and oxygen atoms in total. The second-order valence-corrected chi connectivity index (χ2v) is 10.7. The molecule has 0 aliphatic heterocycles. The molecule has 172 valence electrons. The van der Waals surface area contributed by atoms with Crippen LogP contribution in [0, 0.1) is 16.7 Å². The Morgan fingerprint density at radius 3 is 2.78 bits per heavy atom. The van der Waals surface area contributed by atoms with Crippen LogP contribution in [0.5, 0.6) is 0 Å². The Morgan fingerprint density at radius 1 is 1.34 bits per heavy atom.